The number of aryl methyl sites for hydroxylation is 1. The zero-order chi connectivity index (χ0) is 27.7. The minimum atomic E-state index is -0.665. The number of methoxy groups -OCH3 is 1. The lowest BCUT2D eigenvalue weighted by Crippen LogP contribution is -2.26. The van der Waals surface area contributed by atoms with E-state index in [1.54, 1.807) is 6.92 Å². The number of carbonyl (C=O) groups is 2. The summed E-state index contributed by atoms with van der Waals surface area (Å²) in [4.78, 5) is 24.8. The Morgan fingerprint density at radius 2 is 1.74 bits per heavy atom. The fourth-order valence-corrected chi connectivity index (χ4v) is 5.13. The van der Waals surface area contributed by atoms with Crippen molar-refractivity contribution in [1.82, 2.24) is 9.88 Å². The first kappa shape index (κ1) is 26.5. The fraction of sp³-hybridized carbons (Fsp3) is 0.333. The van der Waals surface area contributed by atoms with Gasteiger partial charge in [-0.05, 0) is 99.0 Å². The molecule has 2 atom stereocenters. The number of hydrogen-bond donors (Lipinski definition) is 1. The van der Waals surface area contributed by atoms with Crippen molar-refractivity contribution in [3.05, 3.63) is 100 Å². The van der Waals surface area contributed by atoms with Gasteiger partial charge in [-0.3, -0.25) is 4.79 Å². The van der Waals surface area contributed by atoms with Crippen molar-refractivity contribution in [1.29, 1.82) is 0 Å². The first-order valence-electron chi connectivity index (χ1n) is 13.6. The van der Waals surface area contributed by atoms with E-state index in [-0.39, 0.29) is 11.9 Å². The smallest absolute Gasteiger partial charge is 0.346 e. The molecule has 4 aromatic rings. The van der Waals surface area contributed by atoms with Crippen LogP contribution in [0.5, 0.6) is 5.75 Å². The number of fused-ring (bicyclic) bond motifs is 1. The molecule has 0 radical (unpaired) electrons. The third kappa shape index (κ3) is 5.70. The van der Waals surface area contributed by atoms with Crippen LogP contribution in [0.4, 0.5) is 0 Å². The highest BCUT2D eigenvalue weighted by Crippen LogP contribution is 2.40. The Morgan fingerprint density at radius 3 is 2.44 bits per heavy atom. The van der Waals surface area contributed by atoms with Gasteiger partial charge in [0.15, 0.2) is 6.10 Å². The number of benzene rings is 3. The predicted octanol–water partition coefficient (Wildman–Crippen LogP) is 6.62. The van der Waals surface area contributed by atoms with Crippen LogP contribution in [0.25, 0.3) is 10.9 Å². The maximum Gasteiger partial charge on any atom is 0.346 e. The van der Waals surface area contributed by atoms with Crippen molar-refractivity contribution in [2.75, 3.05) is 7.11 Å². The van der Waals surface area contributed by atoms with Crippen LogP contribution in [0.1, 0.15) is 77.0 Å². The molecule has 0 bridgehead atoms. The highest BCUT2D eigenvalue weighted by molar-refractivity contribution is 5.99. The molecule has 6 nitrogen and oxygen atoms in total. The summed E-state index contributed by atoms with van der Waals surface area (Å²) in [6, 6.07) is 22.2. The normalized spacial score (nSPS) is 14.6. The van der Waals surface area contributed by atoms with Crippen molar-refractivity contribution in [2.45, 2.75) is 65.1 Å². The molecule has 0 spiro atoms. The van der Waals surface area contributed by atoms with Gasteiger partial charge in [0.25, 0.3) is 5.91 Å². The maximum absolute atomic E-state index is 13.2. The topological polar surface area (TPSA) is 69.6 Å². The van der Waals surface area contributed by atoms with Gasteiger partial charge < -0.3 is 19.4 Å². The van der Waals surface area contributed by atoms with Gasteiger partial charge >= 0.3 is 5.97 Å². The summed E-state index contributed by atoms with van der Waals surface area (Å²) < 4.78 is 12.7. The van der Waals surface area contributed by atoms with Gasteiger partial charge in [-0.1, -0.05) is 36.4 Å². The Balaban J connectivity index is 1.31. The summed E-state index contributed by atoms with van der Waals surface area (Å²) in [5.41, 5.74) is 7.70. The molecule has 0 aliphatic heterocycles. The molecule has 1 unspecified atom stereocenters. The Hall–Kier alpha value is -4.06. The molecule has 1 heterocycles. The van der Waals surface area contributed by atoms with Crippen LogP contribution < -0.4 is 10.1 Å². The van der Waals surface area contributed by atoms with Crippen molar-refractivity contribution in [2.24, 2.45) is 0 Å². The second kappa shape index (κ2) is 11.0. The summed E-state index contributed by atoms with van der Waals surface area (Å²) >= 11 is 0. The lowest BCUT2D eigenvalue weighted by atomic mass is 10.0. The third-order valence-electron chi connectivity index (χ3n) is 7.82. The first-order valence-corrected chi connectivity index (χ1v) is 13.6. The number of nitrogens with one attached hydrogen (secondary N) is 1. The van der Waals surface area contributed by atoms with E-state index in [4.69, 9.17) is 9.47 Å². The number of aromatic nitrogens is 1. The molecule has 1 saturated carbocycles. The Morgan fingerprint density at radius 1 is 1.00 bits per heavy atom. The molecule has 0 saturated heterocycles. The molecular weight excluding hydrogens is 488 g/mol. The molecule has 39 heavy (non-hydrogen) atoms. The van der Waals surface area contributed by atoms with Gasteiger partial charge in [0.05, 0.1) is 13.2 Å². The average molecular weight is 525 g/mol. The van der Waals surface area contributed by atoms with Crippen molar-refractivity contribution in [3.63, 3.8) is 0 Å². The number of rotatable bonds is 9. The van der Waals surface area contributed by atoms with Crippen LogP contribution in [-0.4, -0.2) is 29.7 Å². The number of carbonyl (C=O) groups excluding carboxylic acids is 2. The van der Waals surface area contributed by atoms with Gasteiger partial charge in [0, 0.05) is 28.7 Å². The lowest BCUT2D eigenvalue weighted by Gasteiger charge is -2.16. The van der Waals surface area contributed by atoms with Crippen LogP contribution in [0, 0.1) is 13.8 Å². The van der Waals surface area contributed by atoms with Gasteiger partial charge in [-0.2, -0.15) is 0 Å². The van der Waals surface area contributed by atoms with Crippen molar-refractivity contribution in [3.8, 4) is 5.75 Å². The number of amides is 1. The van der Waals surface area contributed by atoms with E-state index in [0.717, 1.165) is 33.3 Å². The largest absolute Gasteiger partial charge is 0.479 e. The molecule has 1 amide bonds. The van der Waals surface area contributed by atoms with E-state index in [2.05, 4.69) is 48.0 Å². The van der Waals surface area contributed by atoms with Crippen LogP contribution in [0.2, 0.25) is 0 Å². The summed E-state index contributed by atoms with van der Waals surface area (Å²) in [5, 5.41) is 4.27. The molecule has 1 aromatic heterocycles. The van der Waals surface area contributed by atoms with Crippen molar-refractivity contribution < 1.29 is 19.1 Å². The van der Waals surface area contributed by atoms with E-state index < -0.39 is 12.1 Å². The third-order valence-corrected chi connectivity index (χ3v) is 7.82. The van der Waals surface area contributed by atoms with Gasteiger partial charge in [0.1, 0.15) is 5.75 Å². The molecule has 1 aliphatic carbocycles. The standard InChI is InChI=1S/C33H36N2O4/c1-20-22(3)35(19-24-9-14-29(15-10-24)39-23(4)33(37)38-5)31-16-13-28(18-30(20)31)32(36)34-21(2)26-7-6-8-27(17-26)25-11-12-25/h6-10,13-18,21,23,25H,11-12,19H2,1-5H3,(H,34,36)/t21-,23?/m0/s1. The number of esters is 1. The Kier molecular flexibility index (Phi) is 7.47. The molecule has 3 aromatic carbocycles. The zero-order valence-corrected chi connectivity index (χ0v) is 23.3. The molecule has 6 heteroatoms. The SMILES string of the molecule is COC(=O)C(C)Oc1ccc(Cn2c(C)c(C)c3cc(C(=O)N[C@@H](C)c4cccc(C5CC5)c4)ccc32)cc1. The first-order chi connectivity index (χ1) is 18.7. The Bertz CT molecular complexity index is 1510. The molecule has 1 aliphatic rings. The average Bonchev–Trinajstić information content (AvgIpc) is 3.78. The van der Waals surface area contributed by atoms with E-state index in [0.29, 0.717) is 23.8 Å². The van der Waals surface area contributed by atoms with E-state index in [9.17, 15) is 9.59 Å². The minimum absolute atomic E-state index is 0.0669. The highest BCUT2D eigenvalue weighted by Gasteiger charge is 2.24. The summed E-state index contributed by atoms with van der Waals surface area (Å²) in [5.74, 6) is 0.829. The number of nitrogens with zero attached hydrogens (tertiary/aromatic N) is 1. The van der Waals surface area contributed by atoms with Gasteiger partial charge in [-0.15, -0.1) is 0 Å². The van der Waals surface area contributed by atoms with E-state index in [1.807, 2.05) is 49.4 Å². The monoisotopic (exact) mass is 524 g/mol. The molecular formula is C33H36N2O4. The minimum Gasteiger partial charge on any atom is -0.479 e. The van der Waals surface area contributed by atoms with Crippen LogP contribution in [-0.2, 0) is 16.1 Å². The molecule has 1 N–H and O–H groups in total. The highest BCUT2D eigenvalue weighted by atomic mass is 16.6. The van der Waals surface area contributed by atoms with E-state index in [1.165, 1.54) is 25.5 Å². The van der Waals surface area contributed by atoms with Crippen LogP contribution >= 0.6 is 0 Å². The summed E-state index contributed by atoms with van der Waals surface area (Å²) in [6.07, 6.45) is 1.86. The predicted molar refractivity (Wildman–Crippen MR) is 153 cm³/mol. The molecule has 5 rings (SSSR count). The van der Waals surface area contributed by atoms with Gasteiger partial charge in [-0.25, -0.2) is 4.79 Å². The summed E-state index contributed by atoms with van der Waals surface area (Å²) in [6.45, 7) is 8.61. The lowest BCUT2D eigenvalue weighted by molar-refractivity contribution is -0.147. The van der Waals surface area contributed by atoms with Crippen LogP contribution in [0.15, 0.2) is 66.7 Å². The van der Waals surface area contributed by atoms with Crippen molar-refractivity contribution >= 4 is 22.8 Å². The quantitative estimate of drug-likeness (QED) is 0.250. The molecule has 1 fully saturated rings. The maximum atomic E-state index is 13.2. The summed E-state index contributed by atoms with van der Waals surface area (Å²) in [7, 11) is 1.35. The van der Waals surface area contributed by atoms with Gasteiger partial charge in [0.2, 0.25) is 0 Å². The fourth-order valence-electron chi connectivity index (χ4n) is 5.13. The Labute approximate surface area is 229 Å². The molecule has 202 valence electrons. The second-order valence-corrected chi connectivity index (χ2v) is 10.6. The number of ether oxygens (including phenoxy) is 2. The van der Waals surface area contributed by atoms with E-state index >= 15 is 0 Å². The zero-order valence-electron chi connectivity index (χ0n) is 23.3. The number of hydrogen-bond acceptors (Lipinski definition) is 4. The second-order valence-electron chi connectivity index (χ2n) is 10.6. The van der Waals surface area contributed by atoms with Crippen LogP contribution in [0.3, 0.4) is 0 Å².